The average molecular weight is 306 g/mol. The second-order valence-electron chi connectivity index (χ2n) is 4.53. The van der Waals surface area contributed by atoms with Crippen molar-refractivity contribution in [2.75, 3.05) is 10.5 Å². The number of carboxylic acids is 1. The zero-order chi connectivity index (χ0) is 15.6. The highest BCUT2D eigenvalue weighted by atomic mass is 32.2. The van der Waals surface area contributed by atoms with Crippen molar-refractivity contribution < 1.29 is 18.3 Å². The van der Waals surface area contributed by atoms with Gasteiger partial charge in [-0.2, -0.15) is 0 Å². The lowest BCUT2D eigenvalue weighted by molar-refractivity contribution is 0.0698. The largest absolute Gasteiger partial charge is 0.478 e. The first kappa shape index (κ1) is 14.9. The van der Waals surface area contributed by atoms with Crippen molar-refractivity contribution in [1.82, 2.24) is 0 Å². The number of anilines is 2. The summed E-state index contributed by atoms with van der Waals surface area (Å²) >= 11 is 0. The summed E-state index contributed by atoms with van der Waals surface area (Å²) in [6, 6.07) is 10.2. The molecule has 0 atom stereocenters. The van der Waals surface area contributed by atoms with E-state index in [0.717, 1.165) is 5.56 Å². The van der Waals surface area contributed by atoms with Crippen LogP contribution in [-0.4, -0.2) is 19.5 Å². The van der Waals surface area contributed by atoms with Crippen molar-refractivity contribution in [3.05, 3.63) is 53.6 Å². The molecule has 21 heavy (non-hydrogen) atoms. The van der Waals surface area contributed by atoms with Gasteiger partial charge in [-0.25, -0.2) is 13.2 Å². The monoisotopic (exact) mass is 306 g/mol. The van der Waals surface area contributed by atoms with Crippen molar-refractivity contribution in [3.63, 3.8) is 0 Å². The van der Waals surface area contributed by atoms with Crippen LogP contribution in [0.5, 0.6) is 0 Å². The van der Waals surface area contributed by atoms with E-state index >= 15 is 0 Å². The van der Waals surface area contributed by atoms with Gasteiger partial charge in [-0.3, -0.25) is 4.72 Å². The SMILES string of the molecule is Cc1cccc(S(=O)(=O)Nc2cc(N)ccc2C(=O)O)c1. The summed E-state index contributed by atoms with van der Waals surface area (Å²) in [6.07, 6.45) is 0. The van der Waals surface area contributed by atoms with Gasteiger partial charge in [-0.05, 0) is 42.8 Å². The fraction of sp³-hybridized carbons (Fsp3) is 0.0714. The molecule has 7 heteroatoms. The Morgan fingerprint density at radius 1 is 1.19 bits per heavy atom. The van der Waals surface area contributed by atoms with Gasteiger partial charge in [-0.1, -0.05) is 12.1 Å². The predicted molar refractivity (Wildman–Crippen MR) is 79.8 cm³/mol. The number of sulfonamides is 1. The van der Waals surface area contributed by atoms with Crippen LogP contribution in [0.15, 0.2) is 47.4 Å². The van der Waals surface area contributed by atoms with Gasteiger partial charge in [0.15, 0.2) is 0 Å². The Balaban J connectivity index is 2.46. The Morgan fingerprint density at radius 3 is 2.52 bits per heavy atom. The molecule has 0 amide bonds. The van der Waals surface area contributed by atoms with Gasteiger partial charge in [0.25, 0.3) is 10.0 Å². The number of nitrogens with two attached hydrogens (primary N) is 1. The fourth-order valence-electron chi connectivity index (χ4n) is 1.82. The minimum atomic E-state index is -3.88. The maximum absolute atomic E-state index is 12.3. The molecule has 0 unspecified atom stereocenters. The lowest BCUT2D eigenvalue weighted by atomic mass is 10.1. The summed E-state index contributed by atoms with van der Waals surface area (Å²) in [5.41, 5.74) is 6.40. The van der Waals surface area contributed by atoms with Gasteiger partial charge in [0, 0.05) is 5.69 Å². The van der Waals surface area contributed by atoms with E-state index in [0.29, 0.717) is 0 Å². The fourth-order valence-corrected chi connectivity index (χ4v) is 2.99. The van der Waals surface area contributed by atoms with Crippen LogP contribution in [0.3, 0.4) is 0 Å². The first-order valence-corrected chi connectivity index (χ1v) is 7.50. The van der Waals surface area contributed by atoms with Crippen LogP contribution >= 0.6 is 0 Å². The molecular formula is C14H14N2O4S. The van der Waals surface area contributed by atoms with Crippen LogP contribution in [-0.2, 0) is 10.0 Å². The first-order valence-electron chi connectivity index (χ1n) is 6.02. The van der Waals surface area contributed by atoms with E-state index < -0.39 is 16.0 Å². The molecule has 0 saturated carbocycles. The number of nitrogen functional groups attached to an aromatic ring is 1. The van der Waals surface area contributed by atoms with Gasteiger partial charge in [0.05, 0.1) is 16.1 Å². The van der Waals surface area contributed by atoms with Gasteiger partial charge < -0.3 is 10.8 Å². The molecule has 0 fully saturated rings. The van der Waals surface area contributed by atoms with Crippen molar-refractivity contribution >= 4 is 27.4 Å². The van der Waals surface area contributed by atoms with Crippen LogP contribution in [0.2, 0.25) is 0 Å². The molecule has 0 bridgehead atoms. The molecule has 0 radical (unpaired) electrons. The second kappa shape index (κ2) is 5.45. The van der Waals surface area contributed by atoms with Crippen LogP contribution in [0.25, 0.3) is 0 Å². The topological polar surface area (TPSA) is 109 Å². The Morgan fingerprint density at radius 2 is 1.90 bits per heavy atom. The molecule has 2 aromatic rings. The van der Waals surface area contributed by atoms with E-state index in [9.17, 15) is 13.2 Å². The average Bonchev–Trinajstić information content (AvgIpc) is 2.38. The molecule has 2 aromatic carbocycles. The molecule has 6 nitrogen and oxygen atoms in total. The molecule has 2 rings (SSSR count). The van der Waals surface area contributed by atoms with E-state index in [1.807, 2.05) is 0 Å². The lowest BCUT2D eigenvalue weighted by Gasteiger charge is -2.11. The maximum Gasteiger partial charge on any atom is 0.337 e. The van der Waals surface area contributed by atoms with Gasteiger partial charge in [-0.15, -0.1) is 0 Å². The predicted octanol–water partition coefficient (Wildman–Crippen LogP) is 2.08. The third kappa shape index (κ3) is 3.32. The summed E-state index contributed by atoms with van der Waals surface area (Å²) in [6.45, 7) is 1.77. The molecule has 0 aliphatic carbocycles. The molecule has 0 saturated heterocycles. The quantitative estimate of drug-likeness (QED) is 0.749. The highest BCUT2D eigenvalue weighted by Crippen LogP contribution is 2.23. The molecular weight excluding hydrogens is 292 g/mol. The number of aryl methyl sites for hydroxylation is 1. The van der Waals surface area contributed by atoms with E-state index in [1.165, 1.54) is 30.3 Å². The number of hydrogen-bond acceptors (Lipinski definition) is 4. The Hall–Kier alpha value is -2.54. The standard InChI is InChI=1S/C14H14N2O4S/c1-9-3-2-4-11(7-9)21(19,20)16-13-8-10(15)5-6-12(13)14(17)18/h2-8,16H,15H2,1H3,(H,17,18). The summed E-state index contributed by atoms with van der Waals surface area (Å²) in [4.78, 5) is 11.2. The minimum Gasteiger partial charge on any atom is -0.478 e. The van der Waals surface area contributed by atoms with Crippen molar-refractivity contribution in [1.29, 1.82) is 0 Å². The Labute approximate surface area is 122 Å². The zero-order valence-corrected chi connectivity index (χ0v) is 12.0. The number of benzene rings is 2. The number of rotatable bonds is 4. The van der Waals surface area contributed by atoms with Gasteiger partial charge >= 0.3 is 5.97 Å². The smallest absolute Gasteiger partial charge is 0.337 e. The van der Waals surface area contributed by atoms with Gasteiger partial charge in [0.1, 0.15) is 0 Å². The highest BCUT2D eigenvalue weighted by molar-refractivity contribution is 7.92. The van der Waals surface area contributed by atoms with E-state index in [2.05, 4.69) is 4.72 Å². The van der Waals surface area contributed by atoms with Crippen molar-refractivity contribution in [2.45, 2.75) is 11.8 Å². The van der Waals surface area contributed by atoms with Crippen LogP contribution in [0.4, 0.5) is 11.4 Å². The molecule has 0 aromatic heterocycles. The molecule has 4 N–H and O–H groups in total. The minimum absolute atomic E-state index is 0.0567. The molecule has 0 aliphatic rings. The first-order chi connectivity index (χ1) is 9.79. The third-order valence-electron chi connectivity index (χ3n) is 2.82. The van der Waals surface area contributed by atoms with Crippen molar-refractivity contribution in [3.8, 4) is 0 Å². The van der Waals surface area contributed by atoms with E-state index in [1.54, 1.807) is 19.1 Å². The molecule has 0 heterocycles. The van der Waals surface area contributed by atoms with Crippen LogP contribution in [0.1, 0.15) is 15.9 Å². The summed E-state index contributed by atoms with van der Waals surface area (Å²) in [5, 5.41) is 9.09. The van der Waals surface area contributed by atoms with E-state index in [-0.39, 0.29) is 21.8 Å². The zero-order valence-electron chi connectivity index (χ0n) is 11.2. The second-order valence-corrected chi connectivity index (χ2v) is 6.21. The molecule has 110 valence electrons. The summed E-state index contributed by atoms with van der Waals surface area (Å²) in [5.74, 6) is -1.24. The molecule has 0 spiro atoms. The van der Waals surface area contributed by atoms with Gasteiger partial charge in [0.2, 0.25) is 0 Å². The maximum atomic E-state index is 12.3. The van der Waals surface area contributed by atoms with Crippen molar-refractivity contribution in [2.24, 2.45) is 0 Å². The highest BCUT2D eigenvalue weighted by Gasteiger charge is 2.18. The third-order valence-corrected chi connectivity index (χ3v) is 4.18. The number of carboxylic acid groups (broad SMARTS) is 1. The Bertz CT molecular complexity index is 800. The number of aromatic carboxylic acids is 1. The number of nitrogens with one attached hydrogen (secondary N) is 1. The normalized spacial score (nSPS) is 11.1. The van der Waals surface area contributed by atoms with Crippen LogP contribution in [0, 0.1) is 6.92 Å². The molecule has 0 aliphatic heterocycles. The van der Waals surface area contributed by atoms with Crippen LogP contribution < -0.4 is 10.5 Å². The number of carbonyl (C=O) groups is 1. The summed E-state index contributed by atoms with van der Waals surface area (Å²) in [7, 11) is -3.88. The Kier molecular flexibility index (Phi) is 3.86. The summed E-state index contributed by atoms with van der Waals surface area (Å²) < 4.78 is 26.9. The lowest BCUT2D eigenvalue weighted by Crippen LogP contribution is -2.16. The number of hydrogen-bond donors (Lipinski definition) is 3. The van der Waals surface area contributed by atoms with E-state index in [4.69, 9.17) is 10.8 Å².